The third-order valence-corrected chi connectivity index (χ3v) is 5.14. The van der Waals surface area contributed by atoms with Gasteiger partial charge in [-0.25, -0.2) is 4.79 Å². The largest absolute Gasteiger partial charge is 0.459 e. The quantitative estimate of drug-likeness (QED) is 0.374. The van der Waals surface area contributed by atoms with Gasteiger partial charge in [0.15, 0.2) is 0 Å². The molecule has 7 nitrogen and oxygen atoms in total. The normalized spacial score (nSPS) is 14.6. The summed E-state index contributed by atoms with van der Waals surface area (Å²) in [5.74, 6) is 0.0398. The van der Waals surface area contributed by atoms with Crippen molar-refractivity contribution in [2.24, 2.45) is 11.8 Å². The van der Waals surface area contributed by atoms with Crippen molar-refractivity contribution < 1.29 is 24.2 Å². The molecule has 3 atom stereocenters. The van der Waals surface area contributed by atoms with E-state index in [1.54, 1.807) is 0 Å². The third kappa shape index (κ3) is 12.1. The van der Waals surface area contributed by atoms with E-state index in [1.807, 2.05) is 65.0 Å². The van der Waals surface area contributed by atoms with E-state index in [2.05, 4.69) is 24.5 Å². The van der Waals surface area contributed by atoms with Crippen LogP contribution in [-0.2, 0) is 20.9 Å². The van der Waals surface area contributed by atoms with Gasteiger partial charge < -0.3 is 19.9 Å². The van der Waals surface area contributed by atoms with E-state index < -0.39 is 17.7 Å². The number of hydrogen-bond donors (Lipinski definition) is 3. The molecule has 0 spiro atoms. The molecule has 0 aliphatic rings. The molecular formula is C26H44N2O5. The molecule has 0 aromatic heterocycles. The van der Waals surface area contributed by atoms with Crippen molar-refractivity contribution in [2.75, 3.05) is 6.61 Å². The number of ether oxygens (including phenoxy) is 2. The van der Waals surface area contributed by atoms with Gasteiger partial charge in [-0.1, -0.05) is 58.0 Å². The van der Waals surface area contributed by atoms with Crippen molar-refractivity contribution in [3.63, 3.8) is 0 Å². The highest BCUT2D eigenvalue weighted by Crippen LogP contribution is 2.18. The first-order chi connectivity index (χ1) is 15.4. The Hall–Kier alpha value is -2.12. The third-order valence-electron chi connectivity index (χ3n) is 5.14. The van der Waals surface area contributed by atoms with Crippen LogP contribution in [0.2, 0.25) is 0 Å². The lowest BCUT2D eigenvalue weighted by atomic mass is 9.91. The fraction of sp³-hybridized carbons (Fsp3) is 0.692. The van der Waals surface area contributed by atoms with E-state index >= 15 is 0 Å². The van der Waals surface area contributed by atoms with E-state index in [0.717, 1.165) is 5.56 Å². The lowest BCUT2D eigenvalue weighted by molar-refractivity contribution is -0.158. The molecule has 33 heavy (non-hydrogen) atoms. The van der Waals surface area contributed by atoms with Crippen molar-refractivity contribution in [2.45, 2.75) is 98.1 Å². The molecule has 1 amide bonds. The van der Waals surface area contributed by atoms with Crippen LogP contribution in [0.15, 0.2) is 30.3 Å². The van der Waals surface area contributed by atoms with Gasteiger partial charge >= 0.3 is 12.1 Å². The van der Waals surface area contributed by atoms with Gasteiger partial charge in [-0.05, 0) is 57.4 Å². The van der Waals surface area contributed by atoms with E-state index in [1.165, 1.54) is 0 Å². The van der Waals surface area contributed by atoms with Crippen LogP contribution in [0.5, 0.6) is 0 Å². The first kappa shape index (κ1) is 28.9. The van der Waals surface area contributed by atoms with Gasteiger partial charge in [-0.2, -0.15) is 0 Å². The number of hydrogen-bond acceptors (Lipinski definition) is 6. The van der Waals surface area contributed by atoms with Gasteiger partial charge in [0, 0.05) is 18.7 Å². The summed E-state index contributed by atoms with van der Waals surface area (Å²) < 4.78 is 11.1. The summed E-state index contributed by atoms with van der Waals surface area (Å²) in [5.41, 5.74) is 0.316. The average Bonchev–Trinajstić information content (AvgIpc) is 2.72. The number of rotatable bonds is 13. The van der Waals surface area contributed by atoms with Gasteiger partial charge in [0.05, 0.1) is 0 Å². The zero-order valence-corrected chi connectivity index (χ0v) is 21.4. The number of nitrogens with one attached hydrogen (secondary N) is 2. The zero-order chi connectivity index (χ0) is 25.0. The average molecular weight is 465 g/mol. The molecule has 0 bridgehead atoms. The van der Waals surface area contributed by atoms with Crippen molar-refractivity contribution in [1.29, 1.82) is 0 Å². The number of alkyl carbamates (subject to hydrolysis) is 1. The molecule has 0 fully saturated rings. The Morgan fingerprint density at radius 2 is 1.70 bits per heavy atom. The molecule has 0 radical (unpaired) electrons. The van der Waals surface area contributed by atoms with Crippen LogP contribution in [0.1, 0.15) is 73.3 Å². The molecule has 7 heteroatoms. The topological polar surface area (TPSA) is 96.9 Å². The van der Waals surface area contributed by atoms with Gasteiger partial charge in [0.25, 0.3) is 0 Å². The highest BCUT2D eigenvalue weighted by Gasteiger charge is 2.33. The first-order valence-electron chi connectivity index (χ1n) is 12.0. The predicted molar refractivity (Wildman–Crippen MR) is 131 cm³/mol. The lowest BCUT2D eigenvalue weighted by Crippen LogP contribution is -2.57. The highest BCUT2D eigenvalue weighted by atomic mass is 16.6. The predicted octanol–water partition coefficient (Wildman–Crippen LogP) is 4.42. The molecule has 0 unspecified atom stereocenters. The van der Waals surface area contributed by atoms with Crippen molar-refractivity contribution in [1.82, 2.24) is 10.6 Å². The highest BCUT2D eigenvalue weighted by molar-refractivity contribution is 5.76. The molecule has 0 saturated carbocycles. The number of carbonyl (C=O) groups excluding carboxylic acids is 2. The first-order valence-corrected chi connectivity index (χ1v) is 12.0. The lowest BCUT2D eigenvalue weighted by Gasteiger charge is -2.35. The SMILES string of the molecule is CC(C)C[C@H](N[C@H](CCCO)[C@@H](NC(=O)OCc1ccccc1)C(C)C)C(=O)OC(C)(C)C. The smallest absolute Gasteiger partial charge is 0.407 e. The maximum Gasteiger partial charge on any atom is 0.407 e. The molecule has 3 N–H and O–H groups in total. The number of esters is 1. The molecule has 0 heterocycles. The minimum absolute atomic E-state index is 0.0305. The van der Waals surface area contributed by atoms with Crippen LogP contribution < -0.4 is 10.6 Å². The molecule has 1 aromatic carbocycles. The van der Waals surface area contributed by atoms with Crippen LogP contribution >= 0.6 is 0 Å². The molecule has 0 saturated heterocycles. The number of carbonyl (C=O) groups is 2. The number of amides is 1. The van der Waals surface area contributed by atoms with E-state index in [-0.39, 0.29) is 43.1 Å². The van der Waals surface area contributed by atoms with Crippen LogP contribution in [0.25, 0.3) is 0 Å². The number of aliphatic hydroxyl groups is 1. The summed E-state index contributed by atoms with van der Waals surface area (Å²) in [6.45, 7) is 13.9. The molecule has 0 aliphatic heterocycles. The minimum atomic E-state index is -0.592. The Kier molecular flexibility index (Phi) is 12.4. The van der Waals surface area contributed by atoms with Gasteiger partial charge in [0.2, 0.25) is 0 Å². The van der Waals surface area contributed by atoms with Gasteiger partial charge in [-0.3, -0.25) is 10.1 Å². The summed E-state index contributed by atoms with van der Waals surface area (Å²) in [4.78, 5) is 25.5. The van der Waals surface area contributed by atoms with Crippen LogP contribution in [0.4, 0.5) is 4.79 Å². The summed E-state index contributed by atoms with van der Waals surface area (Å²) in [6, 6.07) is 8.45. The Bertz CT molecular complexity index is 700. The van der Waals surface area contributed by atoms with E-state index in [4.69, 9.17) is 9.47 Å². The Balaban J connectivity index is 2.96. The molecule has 1 aromatic rings. The molecular weight excluding hydrogens is 420 g/mol. The number of aliphatic hydroxyl groups excluding tert-OH is 1. The summed E-state index contributed by atoms with van der Waals surface area (Å²) >= 11 is 0. The second-order valence-corrected chi connectivity index (χ2v) is 10.3. The molecule has 0 aliphatic carbocycles. The van der Waals surface area contributed by atoms with Crippen LogP contribution in [0.3, 0.4) is 0 Å². The summed E-state index contributed by atoms with van der Waals surface area (Å²) in [5, 5.41) is 15.9. The maximum atomic E-state index is 12.9. The van der Waals surface area contributed by atoms with E-state index in [9.17, 15) is 14.7 Å². The second kappa shape index (κ2) is 14.2. The monoisotopic (exact) mass is 464 g/mol. The number of benzene rings is 1. The molecule has 188 valence electrons. The van der Waals surface area contributed by atoms with Crippen molar-refractivity contribution in [3.05, 3.63) is 35.9 Å². The maximum absolute atomic E-state index is 12.9. The van der Waals surface area contributed by atoms with Crippen LogP contribution in [0, 0.1) is 11.8 Å². The fourth-order valence-electron chi connectivity index (χ4n) is 3.65. The van der Waals surface area contributed by atoms with Gasteiger partial charge in [-0.15, -0.1) is 0 Å². The summed E-state index contributed by atoms with van der Waals surface area (Å²) in [7, 11) is 0. The molecule has 1 rings (SSSR count). The van der Waals surface area contributed by atoms with E-state index in [0.29, 0.717) is 19.3 Å². The standard InChI is InChI=1S/C26H44N2O5/c1-18(2)16-22(24(30)33-26(5,6)7)27-21(14-11-15-29)23(19(3)4)28-25(31)32-17-20-12-9-8-10-13-20/h8-10,12-13,18-19,21-23,27,29H,11,14-17H2,1-7H3,(H,28,31)/t21-,22+,23+/m1/s1. The minimum Gasteiger partial charge on any atom is -0.459 e. The van der Waals surface area contributed by atoms with Crippen molar-refractivity contribution >= 4 is 12.1 Å². The second-order valence-electron chi connectivity index (χ2n) is 10.3. The Morgan fingerprint density at radius 1 is 1.06 bits per heavy atom. The van der Waals surface area contributed by atoms with Crippen LogP contribution in [-0.4, -0.2) is 47.5 Å². The summed E-state index contributed by atoms with van der Waals surface area (Å²) in [6.07, 6.45) is 1.24. The fourth-order valence-corrected chi connectivity index (χ4v) is 3.65. The zero-order valence-electron chi connectivity index (χ0n) is 21.4. The Labute approximate surface area is 199 Å². The van der Waals surface area contributed by atoms with Gasteiger partial charge in [0.1, 0.15) is 18.2 Å². The Morgan fingerprint density at radius 3 is 2.21 bits per heavy atom. The van der Waals surface area contributed by atoms with Crippen molar-refractivity contribution in [3.8, 4) is 0 Å².